The fourth-order valence-electron chi connectivity index (χ4n) is 1.62. The van der Waals surface area contributed by atoms with Gasteiger partial charge in [0.1, 0.15) is 5.82 Å². The van der Waals surface area contributed by atoms with E-state index >= 15 is 0 Å². The average molecular weight is 231 g/mol. The van der Waals surface area contributed by atoms with E-state index in [1.54, 1.807) is 6.20 Å². The van der Waals surface area contributed by atoms with Crippen LogP contribution < -0.4 is 10.6 Å². The van der Waals surface area contributed by atoms with Gasteiger partial charge in [-0.05, 0) is 11.6 Å². The number of halogens is 1. The lowest BCUT2D eigenvalue weighted by Crippen LogP contribution is -2.03. The number of aromatic nitrogens is 1. The molecule has 1 aromatic carbocycles. The fourth-order valence-corrected chi connectivity index (χ4v) is 1.62. The molecule has 88 valence electrons. The molecule has 3 nitrogen and oxygen atoms in total. The lowest BCUT2D eigenvalue weighted by Gasteiger charge is -2.10. The Balaban J connectivity index is 2.07. The van der Waals surface area contributed by atoms with Crippen molar-refractivity contribution in [2.75, 3.05) is 17.7 Å². The Bertz CT molecular complexity index is 500. The zero-order chi connectivity index (χ0) is 12.1. The van der Waals surface area contributed by atoms with Crippen LogP contribution in [0.3, 0.4) is 0 Å². The van der Waals surface area contributed by atoms with E-state index in [1.807, 2.05) is 31.3 Å². The van der Waals surface area contributed by atoms with E-state index < -0.39 is 0 Å². The van der Waals surface area contributed by atoms with Crippen molar-refractivity contribution in [3.05, 3.63) is 54.1 Å². The molecule has 0 saturated heterocycles. The molecule has 0 spiro atoms. The summed E-state index contributed by atoms with van der Waals surface area (Å²) in [6, 6.07) is 9.39. The van der Waals surface area contributed by atoms with Gasteiger partial charge in [-0.15, -0.1) is 0 Å². The van der Waals surface area contributed by atoms with Crippen molar-refractivity contribution in [1.29, 1.82) is 0 Å². The standard InChI is InChI=1S/C13H14FN3/c1-15-13-5-3-2-4-10(13)7-17-12-6-11(14)8-16-9-12/h2-6,8-9,15,17H,7H2,1H3. The highest BCUT2D eigenvalue weighted by Crippen LogP contribution is 2.16. The van der Waals surface area contributed by atoms with Crippen molar-refractivity contribution >= 4 is 11.4 Å². The van der Waals surface area contributed by atoms with E-state index in [1.165, 1.54) is 12.3 Å². The molecule has 2 rings (SSSR count). The van der Waals surface area contributed by atoms with Gasteiger partial charge in [-0.2, -0.15) is 0 Å². The van der Waals surface area contributed by atoms with Crippen molar-refractivity contribution in [3.63, 3.8) is 0 Å². The first-order valence-corrected chi connectivity index (χ1v) is 5.39. The highest BCUT2D eigenvalue weighted by molar-refractivity contribution is 5.52. The quantitative estimate of drug-likeness (QED) is 0.849. The summed E-state index contributed by atoms with van der Waals surface area (Å²) >= 11 is 0. The summed E-state index contributed by atoms with van der Waals surface area (Å²) in [5, 5.41) is 6.25. The van der Waals surface area contributed by atoms with Crippen molar-refractivity contribution in [1.82, 2.24) is 4.98 Å². The van der Waals surface area contributed by atoms with Gasteiger partial charge in [0.25, 0.3) is 0 Å². The molecule has 0 aliphatic heterocycles. The van der Waals surface area contributed by atoms with Crippen molar-refractivity contribution in [2.24, 2.45) is 0 Å². The molecule has 0 aliphatic carbocycles. The second-order valence-electron chi connectivity index (χ2n) is 3.65. The molecule has 17 heavy (non-hydrogen) atoms. The zero-order valence-electron chi connectivity index (χ0n) is 9.57. The third-order valence-corrected chi connectivity index (χ3v) is 2.47. The van der Waals surface area contributed by atoms with E-state index in [9.17, 15) is 4.39 Å². The van der Waals surface area contributed by atoms with Crippen LogP contribution in [0.2, 0.25) is 0 Å². The maximum atomic E-state index is 12.9. The largest absolute Gasteiger partial charge is 0.388 e. The van der Waals surface area contributed by atoms with Crippen molar-refractivity contribution in [3.8, 4) is 0 Å². The van der Waals surface area contributed by atoms with E-state index in [0.29, 0.717) is 12.2 Å². The predicted octanol–water partition coefficient (Wildman–Crippen LogP) is 2.87. The lowest BCUT2D eigenvalue weighted by molar-refractivity contribution is 0.622. The van der Waals surface area contributed by atoms with Gasteiger partial charge in [0.05, 0.1) is 18.1 Å². The lowest BCUT2D eigenvalue weighted by atomic mass is 10.2. The summed E-state index contributed by atoms with van der Waals surface area (Å²) in [5.74, 6) is -0.336. The van der Waals surface area contributed by atoms with Gasteiger partial charge < -0.3 is 10.6 Å². The number of nitrogens with one attached hydrogen (secondary N) is 2. The maximum Gasteiger partial charge on any atom is 0.143 e. The Morgan fingerprint density at radius 1 is 1.24 bits per heavy atom. The number of pyridine rings is 1. The van der Waals surface area contributed by atoms with E-state index in [0.717, 1.165) is 11.3 Å². The van der Waals surface area contributed by atoms with Gasteiger partial charge in [-0.3, -0.25) is 4.98 Å². The minimum Gasteiger partial charge on any atom is -0.388 e. The first-order valence-electron chi connectivity index (χ1n) is 5.39. The molecule has 0 fully saturated rings. The van der Waals surface area contributed by atoms with Crippen LogP contribution in [0.15, 0.2) is 42.7 Å². The zero-order valence-corrected chi connectivity index (χ0v) is 9.57. The molecular formula is C13H14FN3. The summed E-state index contributed by atoms with van der Waals surface area (Å²) in [5.41, 5.74) is 2.86. The highest BCUT2D eigenvalue weighted by Gasteiger charge is 2.00. The van der Waals surface area contributed by atoms with Crippen LogP contribution in [0.5, 0.6) is 0 Å². The van der Waals surface area contributed by atoms with Gasteiger partial charge in [0, 0.05) is 25.3 Å². The average Bonchev–Trinajstić information content (AvgIpc) is 2.37. The number of nitrogens with zero attached hydrogens (tertiary/aromatic N) is 1. The molecule has 1 heterocycles. The molecule has 0 aliphatic rings. The van der Waals surface area contributed by atoms with Crippen LogP contribution in [0, 0.1) is 5.82 Å². The number of benzene rings is 1. The number of hydrogen-bond acceptors (Lipinski definition) is 3. The molecular weight excluding hydrogens is 217 g/mol. The van der Waals surface area contributed by atoms with Crippen LogP contribution in [0.4, 0.5) is 15.8 Å². The second-order valence-corrected chi connectivity index (χ2v) is 3.65. The summed E-state index contributed by atoms with van der Waals surface area (Å²) in [6.45, 7) is 0.627. The predicted molar refractivity (Wildman–Crippen MR) is 67.5 cm³/mol. The summed E-state index contributed by atoms with van der Waals surface area (Å²) in [6.07, 6.45) is 2.79. The Kier molecular flexibility index (Phi) is 3.55. The van der Waals surface area contributed by atoms with Crippen molar-refractivity contribution < 1.29 is 4.39 Å². The number of hydrogen-bond donors (Lipinski definition) is 2. The maximum absolute atomic E-state index is 12.9. The number of rotatable bonds is 4. The first-order chi connectivity index (χ1) is 8.29. The van der Waals surface area contributed by atoms with Gasteiger partial charge in [-0.25, -0.2) is 4.39 Å². The monoisotopic (exact) mass is 231 g/mol. The van der Waals surface area contributed by atoms with Crippen LogP contribution in [0.25, 0.3) is 0 Å². The van der Waals surface area contributed by atoms with Crippen LogP contribution in [0.1, 0.15) is 5.56 Å². The molecule has 0 bridgehead atoms. The fraction of sp³-hybridized carbons (Fsp3) is 0.154. The highest BCUT2D eigenvalue weighted by atomic mass is 19.1. The molecule has 0 atom stereocenters. The van der Waals surface area contributed by atoms with Gasteiger partial charge in [0.15, 0.2) is 0 Å². The summed E-state index contributed by atoms with van der Waals surface area (Å²) in [7, 11) is 1.88. The Morgan fingerprint density at radius 2 is 2.06 bits per heavy atom. The second kappa shape index (κ2) is 5.30. The van der Waals surface area contributed by atoms with Gasteiger partial charge in [0.2, 0.25) is 0 Å². The van der Waals surface area contributed by atoms with Crippen molar-refractivity contribution in [2.45, 2.75) is 6.54 Å². The van der Waals surface area contributed by atoms with Gasteiger partial charge >= 0.3 is 0 Å². The first kappa shape index (κ1) is 11.4. The van der Waals surface area contributed by atoms with Gasteiger partial charge in [-0.1, -0.05) is 18.2 Å². The SMILES string of the molecule is CNc1ccccc1CNc1cncc(F)c1. The molecule has 4 heteroatoms. The third kappa shape index (κ3) is 2.93. The molecule has 0 radical (unpaired) electrons. The topological polar surface area (TPSA) is 37.0 Å². The Morgan fingerprint density at radius 3 is 2.82 bits per heavy atom. The normalized spacial score (nSPS) is 10.0. The number of anilines is 2. The molecule has 1 aromatic heterocycles. The Labute approximate surface area is 99.7 Å². The van der Waals surface area contributed by atoms with Crippen LogP contribution in [-0.2, 0) is 6.54 Å². The smallest absolute Gasteiger partial charge is 0.143 e. The van der Waals surface area contributed by atoms with Crippen LogP contribution in [-0.4, -0.2) is 12.0 Å². The minimum atomic E-state index is -0.336. The third-order valence-electron chi connectivity index (χ3n) is 2.47. The Hall–Kier alpha value is -2.10. The summed E-state index contributed by atoms with van der Waals surface area (Å²) < 4.78 is 12.9. The minimum absolute atomic E-state index is 0.336. The van der Waals surface area contributed by atoms with E-state index in [2.05, 4.69) is 15.6 Å². The van der Waals surface area contributed by atoms with E-state index in [4.69, 9.17) is 0 Å². The molecule has 0 unspecified atom stereocenters. The van der Waals surface area contributed by atoms with E-state index in [-0.39, 0.29) is 5.82 Å². The van der Waals surface area contributed by atoms with Crippen LogP contribution >= 0.6 is 0 Å². The molecule has 2 aromatic rings. The molecule has 0 saturated carbocycles. The number of para-hydroxylation sites is 1. The molecule has 0 amide bonds. The molecule has 2 N–H and O–H groups in total. The summed E-state index contributed by atoms with van der Waals surface area (Å²) in [4.78, 5) is 3.79.